The van der Waals surface area contributed by atoms with Gasteiger partial charge < -0.3 is 15.5 Å². The second kappa shape index (κ2) is 8.11. The molecule has 1 aliphatic rings. The number of benzene rings is 1. The SMILES string of the molecule is CCNC(=NCc1ncnn1C)NC1CCN(c2c(F)cccc2F)C1. The van der Waals surface area contributed by atoms with Crippen LogP contribution in [0.1, 0.15) is 19.2 Å². The molecule has 1 aromatic carbocycles. The van der Waals surface area contributed by atoms with Crippen LogP contribution in [0, 0.1) is 11.6 Å². The zero-order valence-corrected chi connectivity index (χ0v) is 14.9. The van der Waals surface area contributed by atoms with Crippen molar-refractivity contribution >= 4 is 11.6 Å². The van der Waals surface area contributed by atoms with Crippen molar-refractivity contribution in [3.63, 3.8) is 0 Å². The summed E-state index contributed by atoms with van der Waals surface area (Å²) in [6.07, 6.45) is 2.26. The molecular weight excluding hydrogens is 340 g/mol. The lowest BCUT2D eigenvalue weighted by Crippen LogP contribution is -2.44. The molecule has 0 spiro atoms. The van der Waals surface area contributed by atoms with Gasteiger partial charge in [0.15, 0.2) is 5.96 Å². The van der Waals surface area contributed by atoms with Gasteiger partial charge in [-0.2, -0.15) is 5.10 Å². The lowest BCUT2D eigenvalue weighted by atomic mass is 10.2. The number of guanidine groups is 1. The lowest BCUT2D eigenvalue weighted by Gasteiger charge is -2.21. The molecule has 2 aromatic rings. The van der Waals surface area contributed by atoms with Gasteiger partial charge >= 0.3 is 0 Å². The predicted molar refractivity (Wildman–Crippen MR) is 95.9 cm³/mol. The van der Waals surface area contributed by atoms with E-state index in [4.69, 9.17) is 0 Å². The van der Waals surface area contributed by atoms with E-state index in [0.29, 0.717) is 32.1 Å². The van der Waals surface area contributed by atoms with Crippen LogP contribution in [0.4, 0.5) is 14.5 Å². The molecule has 0 saturated carbocycles. The second-order valence-corrected chi connectivity index (χ2v) is 6.14. The fourth-order valence-electron chi connectivity index (χ4n) is 3.00. The summed E-state index contributed by atoms with van der Waals surface area (Å²) in [4.78, 5) is 10.4. The fraction of sp³-hybridized carbons (Fsp3) is 0.471. The molecule has 0 bridgehead atoms. The molecule has 9 heteroatoms. The van der Waals surface area contributed by atoms with Gasteiger partial charge in [-0.25, -0.2) is 18.8 Å². The summed E-state index contributed by atoms with van der Waals surface area (Å²) in [5, 5.41) is 10.5. The van der Waals surface area contributed by atoms with E-state index in [1.807, 2.05) is 14.0 Å². The molecule has 1 atom stereocenters. The highest BCUT2D eigenvalue weighted by molar-refractivity contribution is 5.80. The average Bonchev–Trinajstić information content (AvgIpc) is 3.22. The molecule has 140 valence electrons. The van der Waals surface area contributed by atoms with Crippen LogP contribution in [0.25, 0.3) is 0 Å². The maximum absolute atomic E-state index is 14.0. The van der Waals surface area contributed by atoms with Gasteiger partial charge in [-0.3, -0.25) is 4.68 Å². The Hall–Kier alpha value is -2.71. The van der Waals surface area contributed by atoms with Gasteiger partial charge in [0.2, 0.25) is 0 Å². The van der Waals surface area contributed by atoms with Crippen LogP contribution >= 0.6 is 0 Å². The number of aliphatic imine (C=N–C) groups is 1. The Balaban J connectivity index is 1.64. The third-order valence-electron chi connectivity index (χ3n) is 4.31. The number of hydrogen-bond donors (Lipinski definition) is 2. The molecule has 1 saturated heterocycles. The van der Waals surface area contributed by atoms with Gasteiger partial charge in [0.1, 0.15) is 36.0 Å². The number of para-hydroxylation sites is 1. The second-order valence-electron chi connectivity index (χ2n) is 6.14. The van der Waals surface area contributed by atoms with E-state index < -0.39 is 11.6 Å². The molecule has 3 rings (SSSR count). The van der Waals surface area contributed by atoms with Crippen LogP contribution in [0.2, 0.25) is 0 Å². The molecule has 2 N–H and O–H groups in total. The zero-order valence-electron chi connectivity index (χ0n) is 14.9. The molecule has 0 aliphatic carbocycles. The Morgan fingerprint density at radius 1 is 1.35 bits per heavy atom. The molecular formula is C17H23F2N7. The van der Waals surface area contributed by atoms with Gasteiger partial charge in [0.25, 0.3) is 0 Å². The molecule has 1 unspecified atom stereocenters. The third kappa shape index (κ3) is 4.09. The van der Waals surface area contributed by atoms with E-state index in [-0.39, 0.29) is 11.7 Å². The lowest BCUT2D eigenvalue weighted by molar-refractivity contribution is 0.576. The smallest absolute Gasteiger partial charge is 0.191 e. The topological polar surface area (TPSA) is 70.4 Å². The van der Waals surface area contributed by atoms with Gasteiger partial charge in [-0.1, -0.05) is 6.07 Å². The van der Waals surface area contributed by atoms with Crippen LogP contribution < -0.4 is 15.5 Å². The summed E-state index contributed by atoms with van der Waals surface area (Å²) < 4.78 is 29.6. The van der Waals surface area contributed by atoms with Crippen molar-refractivity contribution in [1.29, 1.82) is 0 Å². The maximum atomic E-state index is 14.0. The Bertz CT molecular complexity index is 754. The van der Waals surface area contributed by atoms with E-state index in [1.54, 1.807) is 9.58 Å². The van der Waals surface area contributed by atoms with Crippen LogP contribution in [0.5, 0.6) is 0 Å². The number of aryl methyl sites for hydroxylation is 1. The number of nitrogens with one attached hydrogen (secondary N) is 2. The number of halogens is 2. The minimum Gasteiger partial charge on any atom is -0.365 e. The Morgan fingerprint density at radius 2 is 2.12 bits per heavy atom. The number of nitrogens with zero attached hydrogens (tertiary/aromatic N) is 5. The average molecular weight is 363 g/mol. The van der Waals surface area contributed by atoms with Gasteiger partial charge in [0, 0.05) is 32.7 Å². The number of anilines is 1. The fourth-order valence-corrected chi connectivity index (χ4v) is 3.00. The number of hydrogen-bond acceptors (Lipinski definition) is 4. The third-order valence-corrected chi connectivity index (χ3v) is 4.31. The van der Waals surface area contributed by atoms with Crippen LogP contribution in [0.15, 0.2) is 29.5 Å². The first-order valence-electron chi connectivity index (χ1n) is 8.65. The van der Waals surface area contributed by atoms with E-state index in [1.165, 1.54) is 24.5 Å². The normalized spacial score (nSPS) is 17.6. The molecule has 0 radical (unpaired) electrons. The summed E-state index contributed by atoms with van der Waals surface area (Å²) in [5.74, 6) is 0.335. The predicted octanol–water partition coefficient (Wildman–Crippen LogP) is 1.43. The molecule has 0 amide bonds. The van der Waals surface area contributed by atoms with Gasteiger partial charge in [0.05, 0.1) is 0 Å². The molecule has 1 aliphatic heterocycles. The summed E-state index contributed by atoms with van der Waals surface area (Å²) in [5.41, 5.74) is 0.0397. The first-order valence-corrected chi connectivity index (χ1v) is 8.65. The van der Waals surface area contributed by atoms with Gasteiger partial charge in [-0.05, 0) is 25.5 Å². The summed E-state index contributed by atoms with van der Waals surface area (Å²) in [6, 6.07) is 3.99. The van der Waals surface area contributed by atoms with Crippen molar-refractivity contribution in [3.05, 3.63) is 42.0 Å². The largest absolute Gasteiger partial charge is 0.365 e. The van der Waals surface area contributed by atoms with Crippen LogP contribution in [0.3, 0.4) is 0 Å². The first-order chi connectivity index (χ1) is 12.6. The first kappa shape index (κ1) is 18.1. The van der Waals surface area contributed by atoms with Crippen molar-refractivity contribution in [2.24, 2.45) is 12.0 Å². The Morgan fingerprint density at radius 3 is 2.77 bits per heavy atom. The van der Waals surface area contributed by atoms with Crippen molar-refractivity contribution in [3.8, 4) is 0 Å². The van der Waals surface area contributed by atoms with Crippen molar-refractivity contribution in [1.82, 2.24) is 25.4 Å². The van der Waals surface area contributed by atoms with Crippen LogP contribution in [-0.4, -0.2) is 46.4 Å². The highest BCUT2D eigenvalue weighted by Crippen LogP contribution is 2.26. The molecule has 1 aromatic heterocycles. The standard InChI is InChI=1S/C17H23F2N7/c1-3-20-17(21-9-15-22-11-23-25(15)2)24-12-7-8-26(10-12)16-13(18)5-4-6-14(16)19/h4-6,11-12H,3,7-10H2,1-2H3,(H2,20,21,24). The van der Waals surface area contributed by atoms with E-state index in [2.05, 4.69) is 25.7 Å². The van der Waals surface area contributed by atoms with Crippen LogP contribution in [-0.2, 0) is 13.6 Å². The van der Waals surface area contributed by atoms with Crippen molar-refractivity contribution < 1.29 is 8.78 Å². The van der Waals surface area contributed by atoms with E-state index >= 15 is 0 Å². The highest BCUT2D eigenvalue weighted by atomic mass is 19.1. The zero-order chi connectivity index (χ0) is 18.5. The summed E-state index contributed by atoms with van der Waals surface area (Å²) >= 11 is 0. The Labute approximate surface area is 151 Å². The monoisotopic (exact) mass is 363 g/mol. The minimum atomic E-state index is -0.534. The van der Waals surface area contributed by atoms with Crippen molar-refractivity contribution in [2.45, 2.75) is 25.9 Å². The molecule has 2 heterocycles. The quantitative estimate of drug-likeness (QED) is 0.621. The Kier molecular flexibility index (Phi) is 5.65. The summed E-state index contributed by atoms with van der Waals surface area (Å²) in [6.45, 7) is 4.17. The molecule has 26 heavy (non-hydrogen) atoms. The molecule has 7 nitrogen and oxygen atoms in total. The molecule has 1 fully saturated rings. The van der Waals surface area contributed by atoms with E-state index in [9.17, 15) is 8.78 Å². The number of rotatable bonds is 5. The highest BCUT2D eigenvalue weighted by Gasteiger charge is 2.27. The summed E-state index contributed by atoms with van der Waals surface area (Å²) in [7, 11) is 1.82. The maximum Gasteiger partial charge on any atom is 0.191 e. The number of aromatic nitrogens is 3. The van der Waals surface area contributed by atoms with Crippen molar-refractivity contribution in [2.75, 3.05) is 24.5 Å². The van der Waals surface area contributed by atoms with E-state index in [0.717, 1.165) is 12.2 Å². The van der Waals surface area contributed by atoms with Gasteiger partial charge in [-0.15, -0.1) is 0 Å². The minimum absolute atomic E-state index is 0.0397.